The summed E-state index contributed by atoms with van der Waals surface area (Å²) >= 11 is 0. The molecule has 0 saturated carbocycles. The molecule has 2 unspecified atom stereocenters. The normalized spacial score (nSPS) is 14.6. The van der Waals surface area contributed by atoms with Crippen LogP contribution in [0.25, 0.3) is 0 Å². The van der Waals surface area contributed by atoms with Gasteiger partial charge in [0, 0.05) is 11.6 Å². The Morgan fingerprint density at radius 3 is 2.53 bits per heavy atom. The molecule has 17 heavy (non-hydrogen) atoms. The van der Waals surface area contributed by atoms with Crippen molar-refractivity contribution in [2.45, 2.75) is 18.5 Å². The number of benzene rings is 1. The SMILES string of the molecule is CN(C)C(CC(N)C(=O)O)c1ccccc1F. The Hall–Kier alpha value is -1.46. The van der Waals surface area contributed by atoms with Gasteiger partial charge in [-0.25, -0.2) is 4.39 Å². The Morgan fingerprint density at radius 2 is 2.06 bits per heavy atom. The van der Waals surface area contributed by atoms with E-state index in [0.29, 0.717) is 5.56 Å². The Balaban J connectivity index is 2.94. The Morgan fingerprint density at radius 1 is 1.47 bits per heavy atom. The van der Waals surface area contributed by atoms with E-state index in [1.165, 1.54) is 6.07 Å². The van der Waals surface area contributed by atoms with Gasteiger partial charge in [0.15, 0.2) is 0 Å². The number of hydrogen-bond acceptors (Lipinski definition) is 3. The molecular formula is C12H17FN2O2. The molecule has 0 aliphatic rings. The average molecular weight is 240 g/mol. The van der Waals surface area contributed by atoms with Crippen molar-refractivity contribution >= 4 is 5.97 Å². The molecule has 2 atom stereocenters. The van der Waals surface area contributed by atoms with Crippen LogP contribution in [0.4, 0.5) is 4.39 Å². The van der Waals surface area contributed by atoms with Gasteiger partial charge >= 0.3 is 5.97 Å². The maximum Gasteiger partial charge on any atom is 0.320 e. The smallest absolute Gasteiger partial charge is 0.320 e. The Kier molecular flexibility index (Phi) is 4.60. The van der Waals surface area contributed by atoms with Gasteiger partial charge in [0.1, 0.15) is 11.9 Å². The second kappa shape index (κ2) is 5.75. The third kappa shape index (κ3) is 3.51. The summed E-state index contributed by atoms with van der Waals surface area (Å²) in [6.45, 7) is 0. The van der Waals surface area contributed by atoms with Crippen LogP contribution in [-0.4, -0.2) is 36.1 Å². The van der Waals surface area contributed by atoms with Gasteiger partial charge in [0.2, 0.25) is 0 Å². The zero-order valence-electron chi connectivity index (χ0n) is 9.93. The highest BCUT2D eigenvalue weighted by molar-refractivity contribution is 5.73. The first-order chi connectivity index (χ1) is 7.93. The van der Waals surface area contributed by atoms with Crippen LogP contribution < -0.4 is 5.73 Å². The van der Waals surface area contributed by atoms with Crippen molar-refractivity contribution in [1.82, 2.24) is 4.90 Å². The highest BCUT2D eigenvalue weighted by Crippen LogP contribution is 2.25. The highest BCUT2D eigenvalue weighted by Gasteiger charge is 2.23. The van der Waals surface area contributed by atoms with Crippen LogP contribution in [0.1, 0.15) is 18.0 Å². The van der Waals surface area contributed by atoms with Crippen molar-refractivity contribution in [2.75, 3.05) is 14.1 Å². The molecular weight excluding hydrogens is 223 g/mol. The fourth-order valence-electron chi connectivity index (χ4n) is 1.70. The predicted octanol–water partition coefficient (Wildman–Crippen LogP) is 1.23. The summed E-state index contributed by atoms with van der Waals surface area (Å²) in [5.41, 5.74) is 5.96. The molecule has 5 heteroatoms. The number of halogens is 1. The van der Waals surface area contributed by atoms with E-state index in [9.17, 15) is 9.18 Å². The first-order valence-corrected chi connectivity index (χ1v) is 5.32. The third-order valence-corrected chi connectivity index (χ3v) is 2.68. The molecule has 3 N–H and O–H groups in total. The summed E-state index contributed by atoms with van der Waals surface area (Å²) in [5, 5.41) is 8.79. The van der Waals surface area contributed by atoms with E-state index in [1.54, 1.807) is 37.2 Å². The van der Waals surface area contributed by atoms with Crippen molar-refractivity contribution in [2.24, 2.45) is 5.73 Å². The van der Waals surface area contributed by atoms with Crippen LogP contribution >= 0.6 is 0 Å². The maximum absolute atomic E-state index is 13.6. The van der Waals surface area contributed by atoms with E-state index in [0.717, 1.165) is 0 Å². The number of aliphatic carboxylic acids is 1. The van der Waals surface area contributed by atoms with E-state index in [-0.39, 0.29) is 18.3 Å². The molecule has 0 aliphatic carbocycles. The van der Waals surface area contributed by atoms with Crippen molar-refractivity contribution < 1.29 is 14.3 Å². The monoisotopic (exact) mass is 240 g/mol. The fourth-order valence-corrected chi connectivity index (χ4v) is 1.70. The molecule has 0 aromatic heterocycles. The summed E-state index contributed by atoms with van der Waals surface area (Å²) < 4.78 is 13.6. The van der Waals surface area contributed by atoms with Crippen molar-refractivity contribution in [3.63, 3.8) is 0 Å². The summed E-state index contributed by atoms with van der Waals surface area (Å²) in [6.07, 6.45) is 0.170. The van der Waals surface area contributed by atoms with Gasteiger partial charge in [-0.05, 0) is 26.6 Å². The molecule has 0 heterocycles. The fraction of sp³-hybridized carbons (Fsp3) is 0.417. The second-order valence-corrected chi connectivity index (χ2v) is 4.18. The van der Waals surface area contributed by atoms with Crippen molar-refractivity contribution in [1.29, 1.82) is 0 Å². The van der Waals surface area contributed by atoms with Gasteiger partial charge in [-0.1, -0.05) is 18.2 Å². The number of hydrogen-bond donors (Lipinski definition) is 2. The molecule has 94 valence electrons. The number of carboxylic acid groups (broad SMARTS) is 1. The number of rotatable bonds is 5. The van der Waals surface area contributed by atoms with Crippen LogP contribution in [0.3, 0.4) is 0 Å². The number of carbonyl (C=O) groups is 1. The average Bonchev–Trinajstić information content (AvgIpc) is 2.26. The van der Waals surface area contributed by atoms with Gasteiger partial charge < -0.3 is 15.7 Å². The molecule has 0 saturated heterocycles. The lowest BCUT2D eigenvalue weighted by Gasteiger charge is -2.26. The van der Waals surface area contributed by atoms with E-state index in [2.05, 4.69) is 0 Å². The molecule has 1 rings (SSSR count). The quantitative estimate of drug-likeness (QED) is 0.812. The molecule has 1 aromatic carbocycles. The zero-order valence-corrected chi connectivity index (χ0v) is 9.93. The van der Waals surface area contributed by atoms with Crippen LogP contribution in [0.2, 0.25) is 0 Å². The highest BCUT2D eigenvalue weighted by atomic mass is 19.1. The molecule has 0 amide bonds. The Bertz CT molecular complexity index is 396. The zero-order chi connectivity index (χ0) is 13.0. The van der Waals surface area contributed by atoms with E-state index < -0.39 is 12.0 Å². The topological polar surface area (TPSA) is 66.6 Å². The van der Waals surface area contributed by atoms with Gasteiger partial charge in [0.25, 0.3) is 0 Å². The third-order valence-electron chi connectivity index (χ3n) is 2.68. The van der Waals surface area contributed by atoms with Crippen LogP contribution in [0.5, 0.6) is 0 Å². The minimum atomic E-state index is -1.08. The van der Waals surface area contributed by atoms with Crippen molar-refractivity contribution in [3.05, 3.63) is 35.6 Å². The molecule has 1 aromatic rings. The van der Waals surface area contributed by atoms with Crippen LogP contribution in [-0.2, 0) is 4.79 Å². The van der Waals surface area contributed by atoms with Gasteiger partial charge in [-0.3, -0.25) is 4.79 Å². The maximum atomic E-state index is 13.6. The second-order valence-electron chi connectivity index (χ2n) is 4.18. The molecule has 0 bridgehead atoms. The first-order valence-electron chi connectivity index (χ1n) is 5.32. The predicted molar refractivity (Wildman–Crippen MR) is 63.1 cm³/mol. The van der Waals surface area contributed by atoms with E-state index >= 15 is 0 Å². The summed E-state index contributed by atoms with van der Waals surface area (Å²) in [4.78, 5) is 12.5. The standard InChI is InChI=1S/C12H17FN2O2/c1-15(2)11(7-10(14)12(16)17)8-5-3-4-6-9(8)13/h3-6,10-11H,7,14H2,1-2H3,(H,16,17). The lowest BCUT2D eigenvalue weighted by atomic mass is 9.98. The first kappa shape index (κ1) is 13.6. The molecule has 0 fully saturated rings. The lowest BCUT2D eigenvalue weighted by Crippen LogP contribution is -2.35. The Labute approximate surface area is 99.8 Å². The van der Waals surface area contributed by atoms with E-state index in [4.69, 9.17) is 10.8 Å². The summed E-state index contributed by atoms with van der Waals surface area (Å²) in [6, 6.07) is 4.99. The minimum Gasteiger partial charge on any atom is -0.480 e. The van der Waals surface area contributed by atoms with E-state index in [1.807, 2.05) is 0 Å². The number of carboxylic acids is 1. The van der Waals surface area contributed by atoms with Crippen LogP contribution in [0, 0.1) is 5.82 Å². The molecule has 4 nitrogen and oxygen atoms in total. The van der Waals surface area contributed by atoms with Gasteiger partial charge in [-0.2, -0.15) is 0 Å². The van der Waals surface area contributed by atoms with Gasteiger partial charge in [-0.15, -0.1) is 0 Å². The van der Waals surface area contributed by atoms with Crippen molar-refractivity contribution in [3.8, 4) is 0 Å². The number of nitrogens with two attached hydrogens (primary N) is 1. The molecule has 0 radical (unpaired) electrons. The summed E-state index contributed by atoms with van der Waals surface area (Å²) in [7, 11) is 3.54. The minimum absolute atomic E-state index is 0.170. The number of nitrogens with zero attached hydrogens (tertiary/aromatic N) is 1. The largest absolute Gasteiger partial charge is 0.480 e. The molecule has 0 spiro atoms. The molecule has 0 aliphatic heterocycles. The van der Waals surface area contributed by atoms with Crippen LogP contribution in [0.15, 0.2) is 24.3 Å². The van der Waals surface area contributed by atoms with Gasteiger partial charge in [0.05, 0.1) is 0 Å². The lowest BCUT2D eigenvalue weighted by molar-refractivity contribution is -0.139. The summed E-state index contributed by atoms with van der Waals surface area (Å²) in [5.74, 6) is -1.42.